The molecule has 1 saturated heterocycles. The molecular formula is C19H22N3OS+. The van der Waals surface area contributed by atoms with E-state index in [-0.39, 0.29) is 5.56 Å². The number of hydrogen-bond donors (Lipinski definition) is 2. The summed E-state index contributed by atoms with van der Waals surface area (Å²) in [6.45, 7) is 4.28. The van der Waals surface area contributed by atoms with Crippen molar-refractivity contribution in [3.05, 3.63) is 52.6 Å². The lowest BCUT2D eigenvalue weighted by Gasteiger charge is -2.29. The van der Waals surface area contributed by atoms with E-state index in [1.807, 2.05) is 24.3 Å². The van der Waals surface area contributed by atoms with Gasteiger partial charge < -0.3 is 9.88 Å². The first-order valence-corrected chi connectivity index (χ1v) is 9.45. The van der Waals surface area contributed by atoms with Gasteiger partial charge in [-0.15, -0.1) is 11.3 Å². The molecule has 1 fully saturated rings. The highest BCUT2D eigenvalue weighted by atomic mass is 32.1. The van der Waals surface area contributed by atoms with E-state index in [1.165, 1.54) is 30.7 Å². The largest absolute Gasteiger partial charge is 0.326 e. The zero-order valence-corrected chi connectivity index (χ0v) is 14.7. The fourth-order valence-corrected chi connectivity index (χ4v) is 4.59. The van der Waals surface area contributed by atoms with Gasteiger partial charge in [-0.1, -0.05) is 30.3 Å². The number of hydrogen-bond acceptors (Lipinski definition) is 3. The Kier molecular flexibility index (Phi) is 4.21. The SMILES string of the molecule is C[C@H]1CCCC[NH+]1Cc1nc2sc(-c3ccccc3)cc2c(=O)[nH]1. The second-order valence-electron chi connectivity index (χ2n) is 6.69. The van der Waals surface area contributed by atoms with Crippen molar-refractivity contribution < 1.29 is 4.90 Å². The standard InChI is InChI=1S/C19H21N3OS/c1-13-7-5-6-10-22(13)12-17-20-18(23)15-11-16(24-19(15)21-17)14-8-3-2-4-9-14/h2-4,8-9,11,13H,5-7,10,12H2,1H3,(H,20,21,23)/p+1/t13-/m0/s1. The maximum absolute atomic E-state index is 12.5. The van der Waals surface area contributed by atoms with Gasteiger partial charge in [0.1, 0.15) is 11.4 Å². The van der Waals surface area contributed by atoms with E-state index in [0.717, 1.165) is 27.6 Å². The maximum atomic E-state index is 12.5. The topological polar surface area (TPSA) is 50.2 Å². The number of rotatable bonds is 3. The van der Waals surface area contributed by atoms with Crippen LogP contribution in [0, 0.1) is 0 Å². The Labute approximate surface area is 145 Å². The van der Waals surface area contributed by atoms with Gasteiger partial charge >= 0.3 is 0 Å². The van der Waals surface area contributed by atoms with Crippen LogP contribution in [0.1, 0.15) is 32.0 Å². The fourth-order valence-electron chi connectivity index (χ4n) is 3.54. The molecule has 3 heterocycles. The molecule has 2 atom stereocenters. The summed E-state index contributed by atoms with van der Waals surface area (Å²) in [6, 6.07) is 12.8. The van der Waals surface area contributed by atoms with E-state index in [4.69, 9.17) is 4.98 Å². The van der Waals surface area contributed by atoms with Crippen LogP contribution in [0.4, 0.5) is 0 Å². The normalized spacial score (nSPS) is 21.2. The highest BCUT2D eigenvalue weighted by molar-refractivity contribution is 7.21. The van der Waals surface area contributed by atoms with E-state index in [2.05, 4.69) is 24.0 Å². The van der Waals surface area contributed by atoms with Gasteiger partial charge in [-0.2, -0.15) is 0 Å². The Balaban J connectivity index is 1.68. The lowest BCUT2D eigenvalue weighted by atomic mass is 10.0. The van der Waals surface area contributed by atoms with Crippen LogP contribution in [0.15, 0.2) is 41.2 Å². The van der Waals surface area contributed by atoms with Crippen molar-refractivity contribution in [2.24, 2.45) is 0 Å². The quantitative estimate of drug-likeness (QED) is 0.770. The summed E-state index contributed by atoms with van der Waals surface area (Å²) in [5.41, 5.74) is 1.12. The minimum atomic E-state index is -0.0162. The summed E-state index contributed by atoms with van der Waals surface area (Å²) >= 11 is 1.60. The number of quaternary nitrogens is 1. The summed E-state index contributed by atoms with van der Waals surface area (Å²) in [4.78, 5) is 23.7. The van der Waals surface area contributed by atoms with Gasteiger partial charge in [-0.05, 0) is 37.8 Å². The Bertz CT molecular complexity index is 900. The summed E-state index contributed by atoms with van der Waals surface area (Å²) in [7, 11) is 0. The van der Waals surface area contributed by atoms with Crippen LogP contribution in [0.3, 0.4) is 0 Å². The van der Waals surface area contributed by atoms with E-state index >= 15 is 0 Å². The highest BCUT2D eigenvalue weighted by Gasteiger charge is 2.23. The first kappa shape index (κ1) is 15.5. The number of nitrogens with one attached hydrogen (secondary N) is 2. The predicted molar refractivity (Wildman–Crippen MR) is 98.5 cm³/mol. The van der Waals surface area contributed by atoms with Gasteiger partial charge in [0.2, 0.25) is 0 Å². The first-order valence-electron chi connectivity index (χ1n) is 8.63. The van der Waals surface area contributed by atoms with Gasteiger partial charge in [0, 0.05) is 4.88 Å². The van der Waals surface area contributed by atoms with E-state index in [1.54, 1.807) is 11.3 Å². The Morgan fingerprint density at radius 3 is 2.92 bits per heavy atom. The second kappa shape index (κ2) is 6.49. The van der Waals surface area contributed by atoms with Crippen molar-refractivity contribution in [2.75, 3.05) is 6.54 Å². The molecule has 0 amide bonds. The molecule has 24 heavy (non-hydrogen) atoms. The molecule has 124 valence electrons. The van der Waals surface area contributed by atoms with Crippen molar-refractivity contribution in [2.45, 2.75) is 38.8 Å². The second-order valence-corrected chi connectivity index (χ2v) is 7.72. The maximum Gasteiger partial charge on any atom is 0.259 e. The minimum absolute atomic E-state index is 0.0162. The summed E-state index contributed by atoms with van der Waals surface area (Å²) in [5, 5.41) is 0.698. The third-order valence-electron chi connectivity index (χ3n) is 4.99. The lowest BCUT2D eigenvalue weighted by molar-refractivity contribution is -0.942. The molecule has 4 nitrogen and oxygen atoms in total. The van der Waals surface area contributed by atoms with Gasteiger partial charge in [-0.25, -0.2) is 4.98 Å². The number of benzene rings is 1. The minimum Gasteiger partial charge on any atom is -0.326 e. The van der Waals surface area contributed by atoms with Crippen LogP contribution >= 0.6 is 11.3 Å². The van der Waals surface area contributed by atoms with Crippen LogP contribution in [0.5, 0.6) is 0 Å². The molecule has 0 spiro atoms. The lowest BCUT2D eigenvalue weighted by Crippen LogP contribution is -3.15. The molecule has 3 aromatic rings. The Morgan fingerprint density at radius 2 is 2.12 bits per heavy atom. The smallest absolute Gasteiger partial charge is 0.259 e. The number of aromatic nitrogens is 2. The Morgan fingerprint density at radius 1 is 1.29 bits per heavy atom. The number of H-pyrrole nitrogens is 1. The predicted octanol–water partition coefficient (Wildman–Crippen LogP) is 2.61. The molecular weight excluding hydrogens is 318 g/mol. The molecule has 0 aliphatic carbocycles. The molecule has 4 rings (SSSR count). The van der Waals surface area contributed by atoms with Crippen molar-refractivity contribution >= 4 is 21.6 Å². The summed E-state index contributed by atoms with van der Waals surface area (Å²) in [6.07, 6.45) is 3.85. The van der Waals surface area contributed by atoms with Crippen molar-refractivity contribution in [1.82, 2.24) is 9.97 Å². The summed E-state index contributed by atoms with van der Waals surface area (Å²) < 4.78 is 0. The number of piperidine rings is 1. The zero-order valence-electron chi connectivity index (χ0n) is 13.8. The average Bonchev–Trinajstić information content (AvgIpc) is 3.03. The number of likely N-dealkylation sites (tertiary alicyclic amines) is 1. The van der Waals surface area contributed by atoms with Crippen LogP contribution in [0.25, 0.3) is 20.7 Å². The monoisotopic (exact) mass is 340 g/mol. The molecule has 0 saturated carbocycles. The van der Waals surface area contributed by atoms with Crippen molar-refractivity contribution in [1.29, 1.82) is 0 Å². The molecule has 0 bridgehead atoms. The molecule has 1 aliphatic rings. The third-order valence-corrected chi connectivity index (χ3v) is 6.06. The third kappa shape index (κ3) is 3.01. The summed E-state index contributed by atoms with van der Waals surface area (Å²) in [5.74, 6) is 0.817. The van der Waals surface area contributed by atoms with Gasteiger partial charge in [0.25, 0.3) is 5.56 Å². The Hall–Kier alpha value is -1.98. The number of nitrogens with zero attached hydrogens (tertiary/aromatic N) is 1. The molecule has 2 N–H and O–H groups in total. The zero-order chi connectivity index (χ0) is 16.5. The van der Waals surface area contributed by atoms with Crippen LogP contribution in [-0.4, -0.2) is 22.6 Å². The molecule has 1 aliphatic heterocycles. The van der Waals surface area contributed by atoms with Crippen molar-refractivity contribution in [3.63, 3.8) is 0 Å². The number of thiophene rings is 1. The average molecular weight is 340 g/mol. The number of fused-ring (bicyclic) bond motifs is 1. The van der Waals surface area contributed by atoms with Gasteiger partial charge in [-0.3, -0.25) is 4.79 Å². The van der Waals surface area contributed by atoms with E-state index in [0.29, 0.717) is 11.4 Å². The highest BCUT2D eigenvalue weighted by Crippen LogP contribution is 2.30. The molecule has 2 aromatic heterocycles. The number of aromatic amines is 1. The fraction of sp³-hybridized carbons (Fsp3) is 0.368. The van der Waals surface area contributed by atoms with Crippen LogP contribution in [0.2, 0.25) is 0 Å². The van der Waals surface area contributed by atoms with E-state index < -0.39 is 0 Å². The van der Waals surface area contributed by atoms with Crippen molar-refractivity contribution in [3.8, 4) is 10.4 Å². The van der Waals surface area contributed by atoms with E-state index in [9.17, 15) is 4.79 Å². The van der Waals surface area contributed by atoms with Gasteiger partial charge in [0.15, 0.2) is 5.82 Å². The molecule has 5 heteroatoms. The molecule has 1 aromatic carbocycles. The molecule has 1 unspecified atom stereocenters. The van der Waals surface area contributed by atoms with Gasteiger partial charge in [0.05, 0.1) is 18.0 Å². The van der Waals surface area contributed by atoms with Crippen LogP contribution in [-0.2, 0) is 6.54 Å². The molecule has 0 radical (unpaired) electrons. The van der Waals surface area contributed by atoms with Crippen LogP contribution < -0.4 is 10.5 Å². The first-order chi connectivity index (χ1) is 11.7.